The number of aliphatic hydroxyl groups is 1. The third kappa shape index (κ3) is 3.30. The molecule has 0 saturated heterocycles. The molecule has 0 fully saturated rings. The van der Waals surface area contributed by atoms with Gasteiger partial charge in [-0.15, -0.1) is 10.2 Å². The van der Waals surface area contributed by atoms with E-state index in [-0.39, 0.29) is 18.6 Å². The number of nitrogens with one attached hydrogen (secondary N) is 2. The number of amides is 1. The lowest BCUT2D eigenvalue weighted by Crippen LogP contribution is -2.14. The number of fused-ring (bicyclic) bond motifs is 1. The molecule has 0 aliphatic rings. The van der Waals surface area contributed by atoms with E-state index in [1.54, 1.807) is 35.2 Å². The van der Waals surface area contributed by atoms with Gasteiger partial charge in [0, 0.05) is 10.9 Å². The number of anilines is 1. The van der Waals surface area contributed by atoms with Gasteiger partial charge in [0.2, 0.25) is 0 Å². The van der Waals surface area contributed by atoms with Crippen LogP contribution in [0.5, 0.6) is 0 Å². The van der Waals surface area contributed by atoms with Gasteiger partial charge < -0.3 is 20.0 Å². The first-order chi connectivity index (χ1) is 13.2. The summed E-state index contributed by atoms with van der Waals surface area (Å²) in [7, 11) is 0. The molecule has 3 heterocycles. The summed E-state index contributed by atoms with van der Waals surface area (Å²) in [4.78, 5) is 20.1. The van der Waals surface area contributed by atoms with E-state index in [9.17, 15) is 9.90 Å². The van der Waals surface area contributed by atoms with Crippen molar-refractivity contribution in [2.24, 2.45) is 0 Å². The quantitative estimate of drug-likeness (QED) is 0.506. The minimum Gasteiger partial charge on any atom is -0.394 e. The molecule has 3 N–H and O–H groups in total. The number of para-hydroxylation sites is 1. The highest BCUT2D eigenvalue weighted by Gasteiger charge is 2.15. The van der Waals surface area contributed by atoms with Gasteiger partial charge in [0.1, 0.15) is 23.5 Å². The summed E-state index contributed by atoms with van der Waals surface area (Å²) in [5.74, 6) is 0.654. The summed E-state index contributed by atoms with van der Waals surface area (Å²) in [5.41, 5.74) is 1.91. The van der Waals surface area contributed by atoms with Crippen molar-refractivity contribution >= 4 is 22.6 Å². The van der Waals surface area contributed by atoms with Crippen molar-refractivity contribution in [1.82, 2.24) is 24.7 Å². The number of pyridine rings is 1. The van der Waals surface area contributed by atoms with Crippen LogP contribution in [0.15, 0.2) is 54.9 Å². The number of aromatic amines is 1. The van der Waals surface area contributed by atoms with Crippen molar-refractivity contribution in [1.29, 1.82) is 0 Å². The third-order valence-corrected chi connectivity index (χ3v) is 4.31. The number of benzene rings is 1. The molecule has 4 aromatic rings. The fourth-order valence-electron chi connectivity index (χ4n) is 2.84. The van der Waals surface area contributed by atoms with E-state index in [0.717, 1.165) is 10.9 Å². The Bertz CT molecular complexity index is 1070. The average molecular weight is 362 g/mol. The Morgan fingerprint density at radius 2 is 2.11 bits per heavy atom. The van der Waals surface area contributed by atoms with Crippen LogP contribution in [0.1, 0.15) is 23.5 Å². The Labute approximate surface area is 154 Å². The summed E-state index contributed by atoms with van der Waals surface area (Å²) >= 11 is 0. The normalized spacial score (nSPS) is 12.2. The number of nitrogens with zero attached hydrogens (tertiary/aromatic N) is 4. The molecule has 8 nitrogen and oxygen atoms in total. The highest BCUT2D eigenvalue weighted by Crippen LogP contribution is 2.20. The number of H-pyrrole nitrogens is 1. The predicted octanol–water partition coefficient (Wildman–Crippen LogP) is 2.63. The lowest BCUT2D eigenvalue weighted by molar-refractivity contribution is 0.102. The molecular weight excluding hydrogens is 344 g/mol. The summed E-state index contributed by atoms with van der Waals surface area (Å²) in [6.07, 6.45) is 1.55. The Morgan fingerprint density at radius 3 is 2.93 bits per heavy atom. The molecular formula is C19H18N6O2. The molecule has 136 valence electrons. The van der Waals surface area contributed by atoms with Crippen LogP contribution in [0.3, 0.4) is 0 Å². The maximum atomic E-state index is 12.6. The minimum absolute atomic E-state index is 0.0398. The fraction of sp³-hybridized carbons (Fsp3) is 0.158. The maximum Gasteiger partial charge on any atom is 0.273 e. The van der Waals surface area contributed by atoms with Crippen LogP contribution in [0.4, 0.5) is 5.82 Å². The van der Waals surface area contributed by atoms with Crippen molar-refractivity contribution in [2.45, 2.75) is 13.0 Å². The third-order valence-electron chi connectivity index (χ3n) is 4.31. The second-order valence-corrected chi connectivity index (χ2v) is 6.23. The van der Waals surface area contributed by atoms with Crippen molar-refractivity contribution in [3.05, 3.63) is 60.6 Å². The van der Waals surface area contributed by atoms with Gasteiger partial charge in [0.05, 0.1) is 12.6 Å². The van der Waals surface area contributed by atoms with E-state index in [2.05, 4.69) is 25.5 Å². The molecule has 0 spiro atoms. The van der Waals surface area contributed by atoms with Crippen LogP contribution in [-0.2, 0) is 0 Å². The first kappa shape index (κ1) is 16.9. The Kier molecular flexibility index (Phi) is 4.39. The van der Waals surface area contributed by atoms with Crippen LogP contribution in [0.25, 0.3) is 22.4 Å². The first-order valence-electron chi connectivity index (χ1n) is 8.52. The average Bonchev–Trinajstić information content (AvgIpc) is 3.34. The Hall–Kier alpha value is -3.52. The maximum absolute atomic E-state index is 12.6. The standard InChI is InChI=1S/C19H18N6O2/c1-12(10-26)25-11-20-24-18(25)15-7-4-8-17(22-15)23-19(27)16-9-13-5-2-3-6-14(13)21-16/h2-9,11-12,21,26H,10H2,1H3,(H,22,23,27)/t12-/m1/s1. The van der Waals surface area contributed by atoms with E-state index < -0.39 is 0 Å². The monoisotopic (exact) mass is 362 g/mol. The van der Waals surface area contributed by atoms with Gasteiger partial charge in [0.15, 0.2) is 5.82 Å². The number of carbonyl (C=O) groups excluding carboxylic acids is 1. The van der Waals surface area contributed by atoms with Gasteiger partial charge in [-0.3, -0.25) is 4.79 Å². The summed E-state index contributed by atoms with van der Waals surface area (Å²) in [6.45, 7) is 1.82. The second kappa shape index (κ2) is 7.00. The molecule has 0 aliphatic heterocycles. The zero-order valence-electron chi connectivity index (χ0n) is 14.6. The molecule has 0 saturated carbocycles. The molecule has 1 atom stereocenters. The highest BCUT2D eigenvalue weighted by atomic mass is 16.3. The zero-order valence-corrected chi connectivity index (χ0v) is 14.6. The van der Waals surface area contributed by atoms with Gasteiger partial charge in [-0.2, -0.15) is 0 Å². The molecule has 0 aliphatic carbocycles. The largest absolute Gasteiger partial charge is 0.394 e. The number of hydrogen-bond donors (Lipinski definition) is 3. The van der Waals surface area contributed by atoms with Crippen LogP contribution >= 0.6 is 0 Å². The molecule has 8 heteroatoms. The van der Waals surface area contributed by atoms with Crippen molar-refractivity contribution in [3.63, 3.8) is 0 Å². The molecule has 1 amide bonds. The lowest BCUT2D eigenvalue weighted by Gasteiger charge is -2.12. The van der Waals surface area contributed by atoms with Gasteiger partial charge in [-0.25, -0.2) is 4.98 Å². The fourth-order valence-corrected chi connectivity index (χ4v) is 2.84. The molecule has 0 unspecified atom stereocenters. The van der Waals surface area contributed by atoms with Crippen LogP contribution in [0, 0.1) is 0 Å². The van der Waals surface area contributed by atoms with E-state index in [1.807, 2.05) is 31.2 Å². The molecule has 4 rings (SSSR count). The van der Waals surface area contributed by atoms with Gasteiger partial charge in [0.25, 0.3) is 5.91 Å². The molecule has 0 bridgehead atoms. The lowest BCUT2D eigenvalue weighted by atomic mass is 10.2. The van der Waals surface area contributed by atoms with Gasteiger partial charge >= 0.3 is 0 Å². The predicted molar refractivity (Wildman–Crippen MR) is 101 cm³/mol. The zero-order chi connectivity index (χ0) is 18.8. The Morgan fingerprint density at radius 1 is 1.26 bits per heavy atom. The SMILES string of the molecule is C[C@H](CO)n1cnnc1-c1cccc(NC(=O)c2cc3ccccc3[nH]2)n1. The number of aliphatic hydroxyl groups excluding tert-OH is 1. The van der Waals surface area contributed by atoms with Crippen molar-refractivity contribution in [3.8, 4) is 11.5 Å². The highest BCUT2D eigenvalue weighted by molar-refractivity contribution is 6.05. The first-order valence-corrected chi connectivity index (χ1v) is 8.52. The smallest absolute Gasteiger partial charge is 0.273 e. The summed E-state index contributed by atoms with van der Waals surface area (Å²) < 4.78 is 1.74. The van der Waals surface area contributed by atoms with Gasteiger partial charge in [-0.05, 0) is 31.2 Å². The summed E-state index contributed by atoms with van der Waals surface area (Å²) in [6, 6.07) is 14.6. The Balaban J connectivity index is 1.59. The van der Waals surface area contributed by atoms with Crippen molar-refractivity contribution < 1.29 is 9.90 Å². The second-order valence-electron chi connectivity index (χ2n) is 6.23. The van der Waals surface area contributed by atoms with E-state index in [4.69, 9.17) is 0 Å². The molecule has 27 heavy (non-hydrogen) atoms. The van der Waals surface area contributed by atoms with E-state index >= 15 is 0 Å². The van der Waals surface area contributed by atoms with E-state index in [1.165, 1.54) is 0 Å². The number of hydrogen-bond acceptors (Lipinski definition) is 5. The van der Waals surface area contributed by atoms with Gasteiger partial charge in [-0.1, -0.05) is 24.3 Å². The number of aromatic nitrogens is 5. The molecule has 1 aromatic carbocycles. The number of carbonyl (C=O) groups is 1. The van der Waals surface area contributed by atoms with E-state index in [0.29, 0.717) is 23.0 Å². The van der Waals surface area contributed by atoms with Crippen molar-refractivity contribution in [2.75, 3.05) is 11.9 Å². The van der Waals surface area contributed by atoms with Crippen LogP contribution in [-0.4, -0.2) is 42.4 Å². The summed E-state index contributed by atoms with van der Waals surface area (Å²) in [5, 5.41) is 21.1. The number of rotatable bonds is 5. The van der Waals surface area contributed by atoms with Crippen LogP contribution < -0.4 is 5.32 Å². The molecule has 3 aromatic heterocycles. The topological polar surface area (TPSA) is 109 Å². The minimum atomic E-state index is -0.277. The van der Waals surface area contributed by atoms with Crippen LogP contribution in [0.2, 0.25) is 0 Å². The molecule has 0 radical (unpaired) electrons.